The van der Waals surface area contributed by atoms with Crippen molar-refractivity contribution in [3.63, 3.8) is 0 Å². The normalized spacial score (nSPS) is 16.0. The number of aliphatic carboxylic acids is 1. The summed E-state index contributed by atoms with van der Waals surface area (Å²) in [5, 5.41) is 12.0. The molecule has 0 fully saturated rings. The third-order valence-electron chi connectivity index (χ3n) is 10.5. The van der Waals surface area contributed by atoms with E-state index in [1.807, 2.05) is 31.2 Å². The molecule has 2 aliphatic heterocycles. The summed E-state index contributed by atoms with van der Waals surface area (Å²) in [6, 6.07) is 7.34. The van der Waals surface area contributed by atoms with Gasteiger partial charge in [-0.25, -0.2) is 4.98 Å². The van der Waals surface area contributed by atoms with Crippen molar-refractivity contribution in [2.24, 2.45) is 5.73 Å². The first-order valence-corrected chi connectivity index (χ1v) is 17.9. The van der Waals surface area contributed by atoms with Crippen LogP contribution in [0.15, 0.2) is 37.4 Å². The van der Waals surface area contributed by atoms with Crippen molar-refractivity contribution in [1.82, 2.24) is 25.3 Å². The monoisotopic (exact) mass is 706 g/mol. The fraction of sp³-hybridized carbons (Fsp3) is 0.390. The molecule has 11 heteroatoms. The molecule has 2 aliphatic rings. The summed E-state index contributed by atoms with van der Waals surface area (Å²) in [7, 11) is 1.40. The number of ether oxygens (including phenoxy) is 1. The van der Waals surface area contributed by atoms with E-state index in [1.54, 1.807) is 0 Å². The Morgan fingerprint density at radius 2 is 1.58 bits per heavy atom. The van der Waals surface area contributed by atoms with E-state index in [2.05, 4.69) is 61.3 Å². The van der Waals surface area contributed by atoms with Gasteiger partial charge >= 0.3 is 11.9 Å². The Balaban J connectivity index is 1.62. The quantitative estimate of drug-likeness (QED) is 0.0847. The molecule has 6 N–H and O–H groups in total. The minimum absolute atomic E-state index is 0.0122. The van der Waals surface area contributed by atoms with Crippen molar-refractivity contribution in [3.8, 4) is 0 Å². The first-order chi connectivity index (χ1) is 24.9. The summed E-state index contributed by atoms with van der Waals surface area (Å²) >= 11 is 0. The molecule has 0 spiro atoms. The number of aromatic nitrogens is 4. The van der Waals surface area contributed by atoms with E-state index >= 15 is 0 Å². The second kappa shape index (κ2) is 16.4. The van der Waals surface area contributed by atoms with Crippen LogP contribution in [0.25, 0.3) is 45.4 Å². The van der Waals surface area contributed by atoms with Crippen LogP contribution >= 0.6 is 0 Å². The number of esters is 1. The van der Waals surface area contributed by atoms with E-state index in [1.165, 1.54) is 7.11 Å². The number of nitrogens with two attached hydrogens (primary N) is 1. The first-order valence-electron chi connectivity index (χ1n) is 17.9. The third-order valence-corrected chi connectivity index (χ3v) is 10.5. The number of hydrogen-bond acceptors (Lipinski definition) is 7. The number of hydrogen-bond donors (Lipinski definition) is 5. The van der Waals surface area contributed by atoms with Gasteiger partial charge in [0, 0.05) is 75.8 Å². The second-order valence-electron chi connectivity index (χ2n) is 13.7. The van der Waals surface area contributed by atoms with Crippen LogP contribution < -0.4 is 11.1 Å². The number of amides is 1. The van der Waals surface area contributed by atoms with Crippen molar-refractivity contribution < 1.29 is 24.2 Å². The molecule has 3 aromatic rings. The zero-order valence-electron chi connectivity index (χ0n) is 30.8. The highest BCUT2D eigenvalue weighted by Gasteiger charge is 2.30. The maximum atomic E-state index is 13.0. The summed E-state index contributed by atoms with van der Waals surface area (Å²) in [6.45, 7) is 16.9. The molecule has 5 rings (SSSR count). The van der Waals surface area contributed by atoms with Crippen LogP contribution in [-0.4, -0.2) is 62.6 Å². The Morgan fingerprint density at radius 3 is 2.21 bits per heavy atom. The molecule has 2 unspecified atom stereocenters. The number of carbonyl (C=O) groups is 3. The average Bonchev–Trinajstić information content (AvgIpc) is 3.78. The number of carbonyl (C=O) groups excluding carboxylic acids is 2. The maximum Gasteiger partial charge on any atom is 0.320 e. The van der Waals surface area contributed by atoms with Crippen LogP contribution in [0.2, 0.25) is 0 Å². The number of aryl methyl sites for hydroxylation is 2. The Kier molecular flexibility index (Phi) is 11.9. The van der Waals surface area contributed by atoms with Gasteiger partial charge in [0.25, 0.3) is 0 Å². The number of unbranched alkanes of at least 4 members (excludes halogenated alkanes) is 1. The number of nitrogens with zero attached hydrogens (tertiary/aromatic N) is 2. The molecule has 274 valence electrons. The lowest BCUT2D eigenvalue weighted by molar-refractivity contribution is -0.141. The number of aromatic amines is 2. The molecule has 11 nitrogen and oxygen atoms in total. The van der Waals surface area contributed by atoms with E-state index < -0.39 is 12.0 Å². The first kappa shape index (κ1) is 38.0. The Morgan fingerprint density at radius 1 is 0.923 bits per heavy atom. The number of rotatable bonds is 14. The number of carboxylic acid groups (broad SMARTS) is 1. The molecule has 0 aromatic carbocycles. The number of carboxylic acids is 1. The van der Waals surface area contributed by atoms with Crippen LogP contribution in [0.3, 0.4) is 0 Å². The van der Waals surface area contributed by atoms with Crippen LogP contribution in [0, 0.1) is 13.8 Å². The summed E-state index contributed by atoms with van der Waals surface area (Å²) < 4.78 is 4.99. The van der Waals surface area contributed by atoms with Crippen molar-refractivity contribution in [2.75, 3.05) is 13.7 Å². The minimum atomic E-state index is -1.02. The highest BCUT2D eigenvalue weighted by atomic mass is 16.5. The Hall–Kier alpha value is -5.29. The van der Waals surface area contributed by atoms with Gasteiger partial charge in [-0.15, -0.1) is 0 Å². The van der Waals surface area contributed by atoms with Gasteiger partial charge in [0.1, 0.15) is 6.04 Å². The largest absolute Gasteiger partial charge is 0.480 e. The topological polar surface area (TPSA) is 176 Å². The van der Waals surface area contributed by atoms with Gasteiger partial charge in [-0.2, -0.15) is 0 Å². The van der Waals surface area contributed by atoms with E-state index in [-0.39, 0.29) is 36.6 Å². The Labute approximate surface area is 304 Å². The predicted molar refractivity (Wildman–Crippen MR) is 207 cm³/mol. The zero-order chi connectivity index (χ0) is 37.7. The third kappa shape index (κ3) is 8.10. The number of fused-ring (bicyclic) bond motifs is 8. The van der Waals surface area contributed by atoms with Crippen molar-refractivity contribution in [3.05, 3.63) is 82.5 Å². The van der Waals surface area contributed by atoms with E-state index in [0.717, 1.165) is 78.2 Å². The lowest BCUT2D eigenvalue weighted by Crippen LogP contribution is -2.30. The summed E-state index contributed by atoms with van der Waals surface area (Å²) in [5.41, 5.74) is 18.5. The molecule has 0 aliphatic carbocycles. The van der Waals surface area contributed by atoms with Gasteiger partial charge in [-0.05, 0) is 99.4 Å². The highest BCUT2D eigenvalue weighted by Crippen LogP contribution is 2.42. The minimum Gasteiger partial charge on any atom is -0.480 e. The van der Waals surface area contributed by atoms with Gasteiger partial charge < -0.3 is 30.9 Å². The zero-order valence-corrected chi connectivity index (χ0v) is 30.8. The predicted octanol–water partition coefficient (Wildman–Crippen LogP) is 7.47. The Bertz CT molecular complexity index is 2110. The lowest BCUT2D eigenvalue weighted by Gasteiger charge is -2.15. The molecular weight excluding hydrogens is 656 g/mol. The van der Waals surface area contributed by atoms with Crippen molar-refractivity contribution in [1.29, 1.82) is 0 Å². The molecule has 3 atom stereocenters. The number of H-pyrrole nitrogens is 2. The van der Waals surface area contributed by atoms with E-state index in [9.17, 15) is 14.4 Å². The lowest BCUT2D eigenvalue weighted by atomic mass is 9.87. The molecule has 52 heavy (non-hydrogen) atoms. The van der Waals surface area contributed by atoms with E-state index in [0.29, 0.717) is 38.6 Å². The van der Waals surface area contributed by atoms with Crippen molar-refractivity contribution >= 4 is 63.2 Å². The van der Waals surface area contributed by atoms with Crippen LogP contribution in [0.5, 0.6) is 0 Å². The molecule has 3 aromatic heterocycles. The number of nitrogens with one attached hydrogen (secondary N) is 3. The van der Waals surface area contributed by atoms with Gasteiger partial charge in [0.05, 0.1) is 18.5 Å². The summed E-state index contributed by atoms with van der Waals surface area (Å²) in [4.78, 5) is 53.8. The standard InChI is InChI=1S/C41H50N6O5/c1-8-26-22(3)31-18-32-25(6)29(14-16-40(49)52-7)38(46-32)21-37-28(13-15-39(48)43-17-11-10-12-30(42)41(50)51)24(5)34(47-37)20-36-27(9-2)23(4)33(45-36)19-35(26)44-31/h8-9,18-21,25,29-30,44-45H,1-2,10-17,42H2,3-7H3,(H,43,48)(H,50,51)/t25?,29?,30-/m0/s1. The van der Waals surface area contributed by atoms with Crippen LogP contribution in [0.4, 0.5) is 0 Å². The van der Waals surface area contributed by atoms with Crippen LogP contribution in [-0.2, 0) is 19.1 Å². The van der Waals surface area contributed by atoms with E-state index in [4.69, 9.17) is 25.5 Å². The molecule has 0 saturated heterocycles. The summed E-state index contributed by atoms with van der Waals surface area (Å²) in [5.74, 6) is -1.44. The molecule has 0 saturated carbocycles. The van der Waals surface area contributed by atoms with Gasteiger partial charge in [0.15, 0.2) is 0 Å². The summed E-state index contributed by atoms with van der Waals surface area (Å²) in [6.07, 6.45) is 6.84. The smallest absolute Gasteiger partial charge is 0.320 e. The molecule has 8 bridgehead atoms. The molecule has 1 amide bonds. The van der Waals surface area contributed by atoms with Crippen LogP contribution in [0.1, 0.15) is 116 Å². The number of methoxy groups -OCH3 is 1. The SMILES string of the molecule is C=Cc1c(C)c2cc3[nH]c(cc4nc(cc5nc(cc1[nH]2)C(C)=C5CCC(=O)NCCCC[C@H](N)C(=O)O)C(CCC(=O)OC)C4C)c(C)c3C=C. The second-order valence-corrected chi connectivity index (χ2v) is 13.7. The fourth-order valence-electron chi connectivity index (χ4n) is 7.16. The van der Waals surface area contributed by atoms with Crippen molar-refractivity contribution in [2.45, 2.75) is 90.5 Å². The molecule has 0 radical (unpaired) electrons. The highest BCUT2D eigenvalue weighted by molar-refractivity contribution is 5.94. The maximum absolute atomic E-state index is 13.0. The fourth-order valence-corrected chi connectivity index (χ4v) is 7.16. The molecular formula is C41H50N6O5. The van der Waals surface area contributed by atoms with Gasteiger partial charge in [-0.1, -0.05) is 32.2 Å². The van der Waals surface area contributed by atoms with Gasteiger partial charge in [-0.3, -0.25) is 19.4 Å². The van der Waals surface area contributed by atoms with Gasteiger partial charge in [0.2, 0.25) is 5.91 Å². The number of allylic oxidation sites excluding steroid dienone is 2. The molecule has 5 heterocycles. The average molecular weight is 707 g/mol.